The van der Waals surface area contributed by atoms with Crippen molar-refractivity contribution in [2.24, 2.45) is 0 Å². The highest BCUT2D eigenvalue weighted by molar-refractivity contribution is 5.95. The van der Waals surface area contributed by atoms with E-state index in [1.807, 2.05) is 47.3 Å². The second-order valence-corrected chi connectivity index (χ2v) is 9.39. The van der Waals surface area contributed by atoms with Crippen molar-refractivity contribution in [3.8, 4) is 5.69 Å². The van der Waals surface area contributed by atoms with Crippen molar-refractivity contribution in [2.75, 3.05) is 44.7 Å². The van der Waals surface area contributed by atoms with E-state index in [-0.39, 0.29) is 5.91 Å². The van der Waals surface area contributed by atoms with Crippen LogP contribution in [0.4, 0.5) is 24.5 Å². The van der Waals surface area contributed by atoms with Gasteiger partial charge in [0.1, 0.15) is 0 Å². The van der Waals surface area contributed by atoms with E-state index < -0.39 is 12.1 Å². The molecule has 0 saturated carbocycles. The number of halogens is 3. The van der Waals surface area contributed by atoms with Gasteiger partial charge in [0.15, 0.2) is 0 Å². The molecular weight excluding hydrogens is 539 g/mol. The summed E-state index contributed by atoms with van der Waals surface area (Å²) < 4.78 is 39.0. The number of benzene rings is 3. The first-order valence-corrected chi connectivity index (χ1v) is 12.9. The summed E-state index contributed by atoms with van der Waals surface area (Å²) in [6.45, 7) is 6.88. The number of aryl methyl sites for hydroxylation is 1. The fourth-order valence-electron chi connectivity index (χ4n) is 4.24. The number of fused-ring (bicyclic) bond motifs is 1. The molecule has 1 amide bonds. The predicted molar refractivity (Wildman–Crippen MR) is 149 cm³/mol. The predicted octanol–water partition coefficient (Wildman–Crippen LogP) is 4.77. The summed E-state index contributed by atoms with van der Waals surface area (Å²) in [6.07, 6.45) is -3.23. The number of alkyl halides is 3. The molecule has 1 aliphatic rings. The topological polar surface area (TPSA) is 109 Å². The molecule has 0 bridgehead atoms. The van der Waals surface area contributed by atoms with Gasteiger partial charge in [0.25, 0.3) is 5.91 Å². The van der Waals surface area contributed by atoms with Crippen molar-refractivity contribution in [3.05, 3.63) is 84.1 Å². The van der Waals surface area contributed by atoms with Crippen molar-refractivity contribution in [1.82, 2.24) is 20.0 Å². The molecule has 1 saturated heterocycles. The van der Waals surface area contributed by atoms with Crippen molar-refractivity contribution in [1.29, 1.82) is 0 Å². The van der Waals surface area contributed by atoms with E-state index in [1.165, 1.54) is 5.56 Å². The van der Waals surface area contributed by atoms with Crippen LogP contribution < -0.4 is 10.6 Å². The van der Waals surface area contributed by atoms with Crippen molar-refractivity contribution in [2.45, 2.75) is 13.1 Å². The zero-order chi connectivity index (χ0) is 29.4. The number of morpholine rings is 1. The van der Waals surface area contributed by atoms with Crippen LogP contribution in [0.15, 0.2) is 72.9 Å². The summed E-state index contributed by atoms with van der Waals surface area (Å²) in [7, 11) is 0. The fraction of sp³-hybridized carbons (Fsp3) is 0.276. The lowest BCUT2D eigenvalue weighted by Crippen LogP contribution is -2.41. The van der Waals surface area contributed by atoms with Crippen LogP contribution in [0.3, 0.4) is 0 Å². The molecule has 0 spiro atoms. The first-order valence-electron chi connectivity index (χ1n) is 12.9. The third-order valence-corrected chi connectivity index (χ3v) is 6.29. The Balaban J connectivity index is 0.000000493. The van der Waals surface area contributed by atoms with E-state index in [1.54, 1.807) is 0 Å². The molecule has 3 aromatic carbocycles. The molecule has 4 aromatic rings. The van der Waals surface area contributed by atoms with Gasteiger partial charge >= 0.3 is 12.1 Å². The maximum Gasteiger partial charge on any atom is 0.490 e. The lowest BCUT2D eigenvalue weighted by Gasteiger charge is -2.26. The van der Waals surface area contributed by atoms with Gasteiger partial charge in [-0.05, 0) is 61.0 Å². The van der Waals surface area contributed by atoms with Gasteiger partial charge in [-0.25, -0.2) is 9.48 Å². The minimum absolute atomic E-state index is 0.0730. The Labute approximate surface area is 234 Å². The van der Waals surface area contributed by atoms with E-state index in [0.29, 0.717) is 12.1 Å². The van der Waals surface area contributed by atoms with E-state index in [0.717, 1.165) is 60.8 Å². The number of carbonyl (C=O) groups is 2. The number of carbonyl (C=O) groups excluding carboxylic acids is 1. The standard InChI is InChI=1S/C27H29N5O2.C2HF3O2/c1-20-4-2-6-23(16-20)30-24-8-9-26-22(17-24)19-29-32(26)25-7-3-5-21(18-25)27(33)28-10-11-31-12-14-34-15-13-31;3-2(4,5)1(6)7/h2-9,16-19,30H,10-15H2,1H3,(H,28,33);(H,6,7). The number of rotatable bonds is 7. The van der Waals surface area contributed by atoms with Gasteiger partial charge in [-0.2, -0.15) is 18.3 Å². The number of aliphatic carboxylic acids is 1. The van der Waals surface area contributed by atoms with Crippen LogP contribution in [0.2, 0.25) is 0 Å². The van der Waals surface area contributed by atoms with E-state index in [2.05, 4.69) is 57.9 Å². The molecule has 1 fully saturated rings. The molecule has 12 heteroatoms. The highest BCUT2D eigenvalue weighted by Gasteiger charge is 2.38. The summed E-state index contributed by atoms with van der Waals surface area (Å²) in [5.41, 5.74) is 5.74. The first-order chi connectivity index (χ1) is 19.6. The molecule has 1 aromatic heterocycles. The summed E-state index contributed by atoms with van der Waals surface area (Å²) in [6, 6.07) is 22.1. The number of aromatic nitrogens is 2. The third-order valence-electron chi connectivity index (χ3n) is 6.29. The Morgan fingerprint density at radius 1 is 1.00 bits per heavy atom. The molecule has 216 valence electrons. The van der Waals surface area contributed by atoms with Gasteiger partial charge in [-0.3, -0.25) is 9.69 Å². The molecular formula is C29H30F3N5O4. The molecule has 0 radical (unpaired) electrons. The van der Waals surface area contributed by atoms with E-state index in [4.69, 9.17) is 14.6 Å². The normalized spacial score (nSPS) is 13.8. The van der Waals surface area contributed by atoms with Crippen molar-refractivity contribution in [3.63, 3.8) is 0 Å². The lowest BCUT2D eigenvalue weighted by molar-refractivity contribution is -0.192. The second kappa shape index (κ2) is 13.3. The van der Waals surface area contributed by atoms with Crippen LogP contribution in [0.5, 0.6) is 0 Å². The van der Waals surface area contributed by atoms with Gasteiger partial charge in [0, 0.05) is 48.5 Å². The van der Waals surface area contributed by atoms with Crippen LogP contribution in [-0.4, -0.2) is 77.2 Å². The zero-order valence-electron chi connectivity index (χ0n) is 22.3. The van der Waals surface area contributed by atoms with Crippen molar-refractivity contribution >= 4 is 34.2 Å². The molecule has 2 heterocycles. The Bertz CT molecular complexity index is 1500. The number of nitrogens with one attached hydrogen (secondary N) is 2. The number of hydrogen-bond acceptors (Lipinski definition) is 6. The summed E-state index contributed by atoms with van der Waals surface area (Å²) in [5, 5.41) is 19.2. The van der Waals surface area contributed by atoms with Crippen LogP contribution in [0.1, 0.15) is 15.9 Å². The Kier molecular flexibility index (Phi) is 9.58. The number of ether oxygens (including phenoxy) is 1. The molecule has 3 N–H and O–H groups in total. The first kappa shape index (κ1) is 29.6. The number of nitrogens with zero attached hydrogens (tertiary/aromatic N) is 3. The molecule has 1 aliphatic heterocycles. The highest BCUT2D eigenvalue weighted by atomic mass is 19.4. The minimum atomic E-state index is -5.08. The number of carboxylic acid groups (broad SMARTS) is 1. The molecule has 41 heavy (non-hydrogen) atoms. The minimum Gasteiger partial charge on any atom is -0.475 e. The zero-order valence-corrected chi connectivity index (χ0v) is 22.3. The van der Waals surface area contributed by atoms with Gasteiger partial charge in [-0.15, -0.1) is 0 Å². The quantitative estimate of drug-likeness (QED) is 0.294. The molecule has 5 rings (SSSR count). The Morgan fingerprint density at radius 2 is 1.71 bits per heavy atom. The second-order valence-electron chi connectivity index (χ2n) is 9.39. The van der Waals surface area contributed by atoms with Gasteiger partial charge in [0.2, 0.25) is 0 Å². The maximum absolute atomic E-state index is 12.7. The van der Waals surface area contributed by atoms with E-state index in [9.17, 15) is 18.0 Å². The number of amides is 1. The monoisotopic (exact) mass is 569 g/mol. The van der Waals surface area contributed by atoms with Crippen LogP contribution in [0, 0.1) is 6.92 Å². The van der Waals surface area contributed by atoms with Gasteiger partial charge in [-0.1, -0.05) is 18.2 Å². The third kappa shape index (κ3) is 8.29. The molecule has 0 unspecified atom stereocenters. The van der Waals surface area contributed by atoms with Crippen molar-refractivity contribution < 1.29 is 32.6 Å². The smallest absolute Gasteiger partial charge is 0.475 e. The Morgan fingerprint density at radius 3 is 2.41 bits per heavy atom. The summed E-state index contributed by atoms with van der Waals surface area (Å²) in [4.78, 5) is 23.9. The molecule has 0 atom stereocenters. The Hall–Kier alpha value is -4.42. The van der Waals surface area contributed by atoms with Gasteiger partial charge < -0.3 is 20.5 Å². The number of anilines is 2. The number of carboxylic acids is 1. The average molecular weight is 570 g/mol. The largest absolute Gasteiger partial charge is 0.490 e. The SMILES string of the molecule is Cc1cccc(Nc2ccc3c(cnn3-c3cccc(C(=O)NCCN4CCOCC4)c3)c2)c1.O=C(O)C(F)(F)F. The van der Waals surface area contributed by atoms with Crippen LogP contribution in [0.25, 0.3) is 16.6 Å². The summed E-state index contributed by atoms with van der Waals surface area (Å²) >= 11 is 0. The van der Waals surface area contributed by atoms with Crippen LogP contribution >= 0.6 is 0 Å². The lowest BCUT2D eigenvalue weighted by atomic mass is 10.1. The number of hydrogen-bond donors (Lipinski definition) is 3. The van der Waals surface area contributed by atoms with E-state index >= 15 is 0 Å². The molecule has 9 nitrogen and oxygen atoms in total. The maximum atomic E-state index is 12.7. The highest BCUT2D eigenvalue weighted by Crippen LogP contribution is 2.25. The van der Waals surface area contributed by atoms with Gasteiger partial charge in [0.05, 0.1) is 30.6 Å². The summed E-state index contributed by atoms with van der Waals surface area (Å²) in [5.74, 6) is -2.83. The molecule has 0 aliphatic carbocycles. The average Bonchev–Trinajstić information content (AvgIpc) is 3.37. The fourth-order valence-corrected chi connectivity index (χ4v) is 4.24. The van der Waals surface area contributed by atoms with Crippen LogP contribution in [-0.2, 0) is 9.53 Å².